The van der Waals surface area contributed by atoms with Crippen molar-refractivity contribution < 1.29 is 9.59 Å². The van der Waals surface area contributed by atoms with E-state index in [1.165, 1.54) is 12.3 Å². The minimum atomic E-state index is -0.405. The summed E-state index contributed by atoms with van der Waals surface area (Å²) in [7, 11) is 0. The summed E-state index contributed by atoms with van der Waals surface area (Å²) in [6.45, 7) is 11.2. The summed E-state index contributed by atoms with van der Waals surface area (Å²) in [5.41, 5.74) is 1.63. The molecule has 1 aliphatic rings. The number of pyridine rings is 1. The molecule has 0 spiro atoms. The Morgan fingerprint density at radius 3 is 2.54 bits per heavy atom. The third-order valence-electron chi connectivity index (χ3n) is 3.93. The van der Waals surface area contributed by atoms with E-state index in [0.29, 0.717) is 17.1 Å². The van der Waals surface area contributed by atoms with Gasteiger partial charge in [-0.15, -0.1) is 0 Å². The predicted octanol–water partition coefficient (Wildman–Crippen LogP) is 3.04. The van der Waals surface area contributed by atoms with E-state index in [2.05, 4.69) is 30.7 Å². The van der Waals surface area contributed by atoms with Crippen LogP contribution >= 0.6 is 0 Å². The van der Waals surface area contributed by atoms with Crippen molar-refractivity contribution >= 4 is 11.6 Å². The van der Waals surface area contributed by atoms with Gasteiger partial charge in [-0.1, -0.05) is 26.5 Å². The fraction of sp³-hybridized carbons (Fsp3) is 0.316. The van der Waals surface area contributed by atoms with E-state index in [1.807, 2.05) is 13.0 Å². The fourth-order valence-corrected chi connectivity index (χ4v) is 2.76. The van der Waals surface area contributed by atoms with E-state index in [0.717, 1.165) is 12.0 Å². The Balaban J connectivity index is 2.70. The third-order valence-corrected chi connectivity index (χ3v) is 3.93. The normalized spacial score (nSPS) is 15.0. The number of fused-ring (bicyclic) bond motifs is 1. The van der Waals surface area contributed by atoms with Gasteiger partial charge in [0.05, 0.1) is 16.8 Å². The van der Waals surface area contributed by atoms with Gasteiger partial charge in [-0.25, -0.2) is 0 Å². The first-order valence-electron chi connectivity index (χ1n) is 7.90. The smallest absolute Gasteiger partial charge is 0.248 e. The van der Waals surface area contributed by atoms with Crippen molar-refractivity contribution in [1.82, 2.24) is 10.3 Å². The average molecular weight is 326 g/mol. The Labute approximate surface area is 141 Å². The van der Waals surface area contributed by atoms with E-state index in [9.17, 15) is 14.4 Å². The van der Waals surface area contributed by atoms with Crippen LogP contribution in [-0.2, 0) is 0 Å². The quantitative estimate of drug-likeness (QED) is 0.871. The molecule has 0 saturated heterocycles. The van der Waals surface area contributed by atoms with Gasteiger partial charge in [0.25, 0.3) is 0 Å². The van der Waals surface area contributed by atoms with Crippen molar-refractivity contribution in [3.05, 3.63) is 68.9 Å². The van der Waals surface area contributed by atoms with Gasteiger partial charge in [-0.2, -0.15) is 0 Å². The van der Waals surface area contributed by atoms with Crippen LogP contribution in [0.4, 0.5) is 0 Å². The number of aryl methyl sites for hydroxylation is 1. The van der Waals surface area contributed by atoms with Gasteiger partial charge < -0.3 is 10.3 Å². The third kappa shape index (κ3) is 3.15. The summed E-state index contributed by atoms with van der Waals surface area (Å²) in [6, 6.07) is 1.33. The van der Waals surface area contributed by atoms with Gasteiger partial charge in [-0.05, 0) is 43.5 Å². The van der Waals surface area contributed by atoms with Crippen LogP contribution in [0.5, 0.6) is 0 Å². The van der Waals surface area contributed by atoms with Crippen LogP contribution in [0.2, 0.25) is 0 Å². The molecule has 2 rings (SSSR count). The van der Waals surface area contributed by atoms with Crippen LogP contribution in [0.25, 0.3) is 0 Å². The zero-order valence-electron chi connectivity index (χ0n) is 14.4. The molecule has 0 unspecified atom stereocenters. The molecule has 1 aliphatic carbocycles. The van der Waals surface area contributed by atoms with Crippen LogP contribution in [-0.4, -0.2) is 16.6 Å². The molecule has 24 heavy (non-hydrogen) atoms. The van der Waals surface area contributed by atoms with Crippen LogP contribution in [0, 0.1) is 12.8 Å². The largest absolute Gasteiger partial charge is 0.358 e. The van der Waals surface area contributed by atoms with Gasteiger partial charge in [-0.3, -0.25) is 14.4 Å². The number of ketones is 2. The predicted molar refractivity (Wildman–Crippen MR) is 94.0 cm³/mol. The number of Topliss-reactive ketones (excluding diaryl/α,β-unsaturated/α-hetero) is 2. The number of hydrogen-bond donors (Lipinski definition) is 2. The van der Waals surface area contributed by atoms with Crippen molar-refractivity contribution in [2.45, 2.75) is 34.1 Å². The molecule has 0 fully saturated rings. The Morgan fingerprint density at radius 2 is 1.96 bits per heavy atom. The highest BCUT2D eigenvalue weighted by atomic mass is 16.1. The molecular formula is C19H22N2O3. The Bertz CT molecular complexity index is 839. The summed E-state index contributed by atoms with van der Waals surface area (Å²) in [5.74, 6) is -0.228. The number of carbonyl (C=O) groups is 2. The van der Waals surface area contributed by atoms with E-state index < -0.39 is 11.3 Å². The Hall–Kier alpha value is -2.69. The van der Waals surface area contributed by atoms with Crippen molar-refractivity contribution in [2.24, 2.45) is 5.92 Å². The highest BCUT2D eigenvalue weighted by Gasteiger charge is 2.34. The molecule has 5 nitrogen and oxygen atoms in total. The Kier molecular flexibility index (Phi) is 5.02. The molecule has 0 amide bonds. The van der Waals surface area contributed by atoms with Gasteiger partial charge in [0.2, 0.25) is 11.3 Å². The first-order valence-corrected chi connectivity index (χ1v) is 7.90. The van der Waals surface area contributed by atoms with E-state index >= 15 is 0 Å². The molecule has 0 bridgehead atoms. The van der Waals surface area contributed by atoms with E-state index in [1.54, 1.807) is 6.92 Å². The van der Waals surface area contributed by atoms with Crippen molar-refractivity contribution in [1.29, 1.82) is 0 Å². The molecule has 2 N–H and O–H groups in total. The van der Waals surface area contributed by atoms with Crippen LogP contribution in [0.1, 0.15) is 53.6 Å². The summed E-state index contributed by atoms with van der Waals surface area (Å²) in [5, 5.41) is 2.77. The first-order chi connectivity index (χ1) is 11.3. The molecule has 0 aliphatic heterocycles. The topological polar surface area (TPSA) is 79.0 Å². The number of allylic oxidation sites excluding steroid dienone is 4. The lowest BCUT2D eigenvalue weighted by molar-refractivity contribution is 0.0967. The molecule has 126 valence electrons. The second kappa shape index (κ2) is 6.83. The summed E-state index contributed by atoms with van der Waals surface area (Å²) >= 11 is 0. The summed E-state index contributed by atoms with van der Waals surface area (Å²) < 4.78 is 0. The maximum Gasteiger partial charge on any atom is 0.248 e. The SMILES string of the molecule is C=CNC1=C(/C(C)=C\CC(C)C)C(=O)c2c(C)cc(=O)[nH]c2C1=O. The lowest BCUT2D eigenvalue weighted by atomic mass is 9.84. The van der Waals surface area contributed by atoms with Crippen molar-refractivity contribution in [2.75, 3.05) is 0 Å². The second-order valence-electron chi connectivity index (χ2n) is 6.34. The number of aromatic amines is 1. The van der Waals surface area contributed by atoms with Crippen LogP contribution in [0.15, 0.2) is 46.6 Å². The van der Waals surface area contributed by atoms with Gasteiger partial charge in [0, 0.05) is 6.07 Å². The summed E-state index contributed by atoms with van der Waals surface area (Å²) in [6.07, 6.45) is 4.12. The number of H-pyrrole nitrogens is 1. The molecule has 5 heteroatoms. The van der Waals surface area contributed by atoms with Crippen molar-refractivity contribution in [3.8, 4) is 0 Å². The molecule has 0 atom stereocenters. The first kappa shape index (κ1) is 17.7. The number of aromatic nitrogens is 1. The standard InChI is InChI=1S/C19H22N2O3/c1-6-20-16-14(11(4)8-7-10(2)3)18(23)15-12(5)9-13(22)21-17(15)19(16)24/h6,8-10,20H,1,7H2,2-5H3,(H,21,22)/b11-8-. The highest BCUT2D eigenvalue weighted by molar-refractivity contribution is 6.28. The summed E-state index contributed by atoms with van der Waals surface area (Å²) in [4.78, 5) is 40.0. The van der Waals surface area contributed by atoms with Crippen molar-refractivity contribution in [3.63, 3.8) is 0 Å². The molecule has 0 radical (unpaired) electrons. The molecule has 0 aromatic carbocycles. The molecular weight excluding hydrogens is 304 g/mol. The maximum absolute atomic E-state index is 13.0. The number of hydrogen-bond acceptors (Lipinski definition) is 4. The van der Waals surface area contributed by atoms with Gasteiger partial charge in [0.1, 0.15) is 5.69 Å². The molecule has 0 saturated carbocycles. The van der Waals surface area contributed by atoms with Crippen LogP contribution < -0.4 is 10.9 Å². The van der Waals surface area contributed by atoms with Gasteiger partial charge >= 0.3 is 0 Å². The molecule has 1 heterocycles. The highest BCUT2D eigenvalue weighted by Crippen LogP contribution is 2.30. The lowest BCUT2D eigenvalue weighted by Crippen LogP contribution is -2.32. The fourth-order valence-electron chi connectivity index (χ4n) is 2.76. The zero-order chi connectivity index (χ0) is 18.0. The van der Waals surface area contributed by atoms with E-state index in [4.69, 9.17) is 0 Å². The zero-order valence-corrected chi connectivity index (χ0v) is 14.4. The molecule has 1 aromatic rings. The van der Waals surface area contributed by atoms with Gasteiger partial charge in [0.15, 0.2) is 5.78 Å². The monoisotopic (exact) mass is 326 g/mol. The number of rotatable bonds is 5. The number of carbonyl (C=O) groups excluding carboxylic acids is 2. The molecule has 1 aromatic heterocycles. The maximum atomic E-state index is 13.0. The van der Waals surface area contributed by atoms with E-state index in [-0.39, 0.29) is 22.7 Å². The second-order valence-corrected chi connectivity index (χ2v) is 6.34. The minimum Gasteiger partial charge on any atom is -0.358 e. The number of nitrogens with one attached hydrogen (secondary N) is 2. The van der Waals surface area contributed by atoms with Crippen LogP contribution in [0.3, 0.4) is 0 Å². The lowest BCUT2D eigenvalue weighted by Gasteiger charge is -2.22. The minimum absolute atomic E-state index is 0.0368. The Morgan fingerprint density at radius 1 is 1.29 bits per heavy atom. The average Bonchev–Trinajstić information content (AvgIpc) is 2.49.